The first kappa shape index (κ1) is 17.4. The van der Waals surface area contributed by atoms with Crippen molar-refractivity contribution in [1.29, 1.82) is 0 Å². The molecule has 0 amide bonds. The highest BCUT2D eigenvalue weighted by molar-refractivity contribution is 9.09. The summed E-state index contributed by atoms with van der Waals surface area (Å²) in [6.45, 7) is 8.39. The van der Waals surface area contributed by atoms with Gasteiger partial charge in [-0.15, -0.1) is 0 Å². The van der Waals surface area contributed by atoms with Crippen molar-refractivity contribution in [1.82, 2.24) is 9.03 Å². The second kappa shape index (κ2) is 7.71. The van der Waals surface area contributed by atoms with Crippen molar-refractivity contribution >= 4 is 26.1 Å². The fourth-order valence-electron chi connectivity index (χ4n) is 1.53. The summed E-state index contributed by atoms with van der Waals surface area (Å²) < 4.78 is 27.7. The molecule has 0 spiro atoms. The zero-order chi connectivity index (χ0) is 13.6. The molecule has 17 heavy (non-hydrogen) atoms. The Morgan fingerprint density at radius 2 is 1.71 bits per heavy atom. The third-order valence-corrected chi connectivity index (χ3v) is 5.91. The lowest BCUT2D eigenvalue weighted by molar-refractivity contribution is 0.398. The summed E-state index contributed by atoms with van der Waals surface area (Å²) in [7, 11) is -1.76. The van der Waals surface area contributed by atoms with E-state index in [0.717, 1.165) is 12.8 Å². The predicted octanol–water partition coefficient (Wildman–Crippen LogP) is 2.36. The summed E-state index contributed by atoms with van der Waals surface area (Å²) >= 11 is 3.56. The Labute approximate surface area is 114 Å². The van der Waals surface area contributed by atoms with Gasteiger partial charge in [0.25, 0.3) is 10.2 Å². The lowest BCUT2D eigenvalue weighted by atomic mass is 10.00. The minimum Gasteiger partial charge on any atom is -0.201 e. The second-order valence-electron chi connectivity index (χ2n) is 4.56. The molecule has 0 radical (unpaired) electrons. The molecule has 104 valence electrons. The molecule has 0 aromatic rings. The Morgan fingerprint density at radius 3 is 2.06 bits per heavy atom. The maximum absolute atomic E-state index is 11.9. The van der Waals surface area contributed by atoms with Gasteiger partial charge in [0.2, 0.25) is 0 Å². The lowest BCUT2D eigenvalue weighted by Crippen LogP contribution is -2.44. The first-order valence-electron chi connectivity index (χ1n) is 6.12. The van der Waals surface area contributed by atoms with Gasteiger partial charge in [0.15, 0.2) is 0 Å². The number of hydrogen-bond acceptors (Lipinski definition) is 2. The van der Waals surface area contributed by atoms with Crippen LogP contribution in [0.3, 0.4) is 0 Å². The molecule has 4 nitrogen and oxygen atoms in total. The Bertz CT molecular complexity index is 303. The van der Waals surface area contributed by atoms with Crippen LogP contribution in [0, 0.1) is 5.92 Å². The van der Waals surface area contributed by atoms with Crippen LogP contribution in [0.5, 0.6) is 0 Å². The Balaban J connectivity index is 4.37. The summed E-state index contributed by atoms with van der Waals surface area (Å²) in [4.78, 5) is 0.188. The Morgan fingerprint density at radius 1 is 1.24 bits per heavy atom. The molecule has 0 rings (SSSR count). The fraction of sp³-hybridized carbons (Fsp3) is 1.00. The summed E-state index contributed by atoms with van der Waals surface area (Å²) in [5, 5.41) is 0. The first-order valence-corrected chi connectivity index (χ1v) is 8.48. The van der Waals surface area contributed by atoms with Crippen LogP contribution in [-0.2, 0) is 10.2 Å². The van der Waals surface area contributed by atoms with Crippen molar-refractivity contribution < 1.29 is 8.42 Å². The van der Waals surface area contributed by atoms with Crippen LogP contribution in [-0.4, -0.2) is 37.2 Å². The highest BCUT2D eigenvalue weighted by Crippen LogP contribution is 2.19. The van der Waals surface area contributed by atoms with E-state index in [1.165, 1.54) is 4.31 Å². The van der Waals surface area contributed by atoms with E-state index < -0.39 is 10.2 Å². The largest absolute Gasteiger partial charge is 0.279 e. The van der Waals surface area contributed by atoms with Gasteiger partial charge in [0, 0.05) is 24.5 Å². The van der Waals surface area contributed by atoms with E-state index in [4.69, 9.17) is 0 Å². The summed E-state index contributed by atoms with van der Waals surface area (Å²) in [6.07, 6.45) is 2.10. The number of hydrogen-bond donors (Lipinski definition) is 1. The molecule has 0 saturated heterocycles. The van der Waals surface area contributed by atoms with Crippen molar-refractivity contribution in [3.8, 4) is 0 Å². The molecule has 0 saturated carbocycles. The SMILES string of the molecule is CCC(CC)C(Br)CNS(=O)(=O)N(C)C(C)C. The van der Waals surface area contributed by atoms with E-state index in [1.54, 1.807) is 7.05 Å². The van der Waals surface area contributed by atoms with Crippen LogP contribution in [0.2, 0.25) is 0 Å². The number of nitrogens with zero attached hydrogens (tertiary/aromatic N) is 1. The number of rotatable bonds is 8. The zero-order valence-corrected chi connectivity index (χ0v) is 13.8. The predicted molar refractivity (Wildman–Crippen MR) is 76.6 cm³/mol. The molecule has 0 fully saturated rings. The Hall–Kier alpha value is 0.350. The molecule has 0 heterocycles. The number of alkyl halides is 1. The van der Waals surface area contributed by atoms with Crippen LogP contribution < -0.4 is 4.72 Å². The van der Waals surface area contributed by atoms with Gasteiger partial charge in [-0.1, -0.05) is 42.6 Å². The van der Waals surface area contributed by atoms with E-state index >= 15 is 0 Å². The van der Waals surface area contributed by atoms with Gasteiger partial charge in [-0.25, -0.2) is 4.72 Å². The van der Waals surface area contributed by atoms with Crippen LogP contribution in [0.1, 0.15) is 40.5 Å². The van der Waals surface area contributed by atoms with Gasteiger partial charge < -0.3 is 0 Å². The van der Waals surface area contributed by atoms with Gasteiger partial charge in [-0.3, -0.25) is 0 Å². The van der Waals surface area contributed by atoms with Crippen LogP contribution >= 0.6 is 15.9 Å². The minimum absolute atomic E-state index is 0.0329. The fourth-order valence-corrected chi connectivity index (χ4v) is 3.80. The normalized spacial score (nSPS) is 14.9. The van der Waals surface area contributed by atoms with E-state index in [0.29, 0.717) is 12.5 Å². The molecular weight excluding hydrogens is 304 g/mol. The van der Waals surface area contributed by atoms with Crippen LogP contribution in [0.25, 0.3) is 0 Å². The molecule has 0 aliphatic rings. The highest BCUT2D eigenvalue weighted by atomic mass is 79.9. The summed E-state index contributed by atoms with van der Waals surface area (Å²) in [5.41, 5.74) is 0. The molecule has 1 unspecified atom stereocenters. The minimum atomic E-state index is -3.35. The maximum Gasteiger partial charge on any atom is 0.279 e. The molecule has 0 aromatic heterocycles. The van der Waals surface area contributed by atoms with E-state index in [-0.39, 0.29) is 10.9 Å². The third kappa shape index (κ3) is 5.68. The van der Waals surface area contributed by atoms with Crippen molar-refractivity contribution in [3.05, 3.63) is 0 Å². The summed E-state index contributed by atoms with van der Waals surface area (Å²) in [5.74, 6) is 0.502. The standard InChI is InChI=1S/C11H25BrN2O2S/c1-6-10(7-2)11(12)8-13-17(15,16)14(5)9(3)4/h9-11,13H,6-8H2,1-5H3. The topological polar surface area (TPSA) is 49.4 Å². The molecule has 0 bridgehead atoms. The van der Waals surface area contributed by atoms with Crippen LogP contribution in [0.15, 0.2) is 0 Å². The first-order chi connectivity index (χ1) is 7.76. The monoisotopic (exact) mass is 328 g/mol. The highest BCUT2D eigenvalue weighted by Gasteiger charge is 2.23. The van der Waals surface area contributed by atoms with E-state index in [1.807, 2.05) is 13.8 Å². The smallest absolute Gasteiger partial charge is 0.201 e. The van der Waals surface area contributed by atoms with Gasteiger partial charge in [0.05, 0.1) is 0 Å². The quantitative estimate of drug-likeness (QED) is 0.695. The molecular formula is C11H25BrN2O2S. The molecule has 0 aliphatic heterocycles. The van der Waals surface area contributed by atoms with Gasteiger partial charge >= 0.3 is 0 Å². The maximum atomic E-state index is 11.9. The number of halogens is 1. The average molecular weight is 329 g/mol. The van der Waals surface area contributed by atoms with Crippen molar-refractivity contribution in [2.45, 2.75) is 51.4 Å². The van der Waals surface area contributed by atoms with E-state index in [9.17, 15) is 8.42 Å². The zero-order valence-electron chi connectivity index (χ0n) is 11.4. The molecule has 1 atom stereocenters. The summed E-state index contributed by atoms with van der Waals surface area (Å²) in [6, 6.07) is -0.0329. The van der Waals surface area contributed by atoms with Crippen LogP contribution in [0.4, 0.5) is 0 Å². The Kier molecular flexibility index (Phi) is 7.87. The molecule has 0 aliphatic carbocycles. The van der Waals surface area contributed by atoms with Gasteiger partial charge in [-0.2, -0.15) is 12.7 Å². The second-order valence-corrected chi connectivity index (χ2v) is 7.55. The molecule has 1 N–H and O–H groups in total. The number of nitrogens with one attached hydrogen (secondary N) is 1. The van der Waals surface area contributed by atoms with Crippen molar-refractivity contribution in [2.75, 3.05) is 13.6 Å². The van der Waals surface area contributed by atoms with Crippen molar-refractivity contribution in [2.24, 2.45) is 5.92 Å². The lowest BCUT2D eigenvalue weighted by Gasteiger charge is -2.24. The third-order valence-electron chi connectivity index (χ3n) is 3.13. The van der Waals surface area contributed by atoms with Gasteiger partial charge in [0.1, 0.15) is 0 Å². The average Bonchev–Trinajstić information content (AvgIpc) is 2.27. The molecule has 0 aromatic carbocycles. The van der Waals surface area contributed by atoms with E-state index in [2.05, 4.69) is 34.5 Å². The van der Waals surface area contributed by atoms with Gasteiger partial charge in [-0.05, 0) is 19.8 Å². The van der Waals surface area contributed by atoms with Crippen molar-refractivity contribution in [3.63, 3.8) is 0 Å². The molecule has 6 heteroatoms.